The van der Waals surface area contributed by atoms with Crippen LogP contribution in [0.25, 0.3) is 0 Å². The van der Waals surface area contributed by atoms with Crippen LogP contribution in [0.1, 0.15) is 36.3 Å². The number of nitrogens with two attached hydrogens (primary N) is 1. The van der Waals surface area contributed by atoms with Crippen molar-refractivity contribution in [1.29, 1.82) is 0 Å². The topological polar surface area (TPSA) is 89.3 Å². The quantitative estimate of drug-likeness (QED) is 0.774. The molecule has 142 valence electrons. The number of hydrogen-bond donors (Lipinski definition) is 3. The van der Waals surface area contributed by atoms with Crippen molar-refractivity contribution in [3.8, 4) is 11.5 Å². The Labute approximate surface area is 159 Å². The summed E-state index contributed by atoms with van der Waals surface area (Å²) in [5.41, 5.74) is 14.1. The molecule has 4 rings (SSSR count). The maximum atomic E-state index is 12.2. The van der Waals surface area contributed by atoms with Gasteiger partial charge in [-0.25, -0.2) is 5.43 Å². The molecule has 4 N–H and O–H groups in total. The Kier molecular flexibility index (Phi) is 5.09. The first-order chi connectivity index (χ1) is 13.1. The number of ether oxygens (including phenoxy) is 1. The minimum absolute atomic E-state index is 0.0519. The maximum Gasteiger partial charge on any atom is 0.237 e. The van der Waals surface area contributed by atoms with E-state index < -0.39 is 0 Å². The van der Waals surface area contributed by atoms with Gasteiger partial charge in [0.2, 0.25) is 5.91 Å². The standard InChI is InChI=1S/C21H26N4O2/c1-13-2-5-16(6-3-13)27-17-8-15(11-23-12-17)14-4-7-18-19(9-14)20(10-22)24-25-21(18)26/h2-3,5-6,8,11-12,14,18-20,24H,4,7,9-10,22H2,1H3,(H,25,26). The predicted octanol–water partition coefficient (Wildman–Crippen LogP) is 2.64. The molecule has 4 unspecified atom stereocenters. The average Bonchev–Trinajstić information content (AvgIpc) is 2.70. The average molecular weight is 366 g/mol. The number of amides is 1. The van der Waals surface area contributed by atoms with E-state index in [1.165, 1.54) is 11.1 Å². The number of aromatic nitrogens is 1. The third-order valence-corrected chi connectivity index (χ3v) is 5.85. The number of nitrogens with one attached hydrogen (secondary N) is 2. The highest BCUT2D eigenvalue weighted by Gasteiger charge is 2.42. The number of benzene rings is 1. The van der Waals surface area contributed by atoms with Crippen LogP contribution in [0.15, 0.2) is 42.7 Å². The third kappa shape index (κ3) is 3.82. The molecule has 2 aliphatic rings. The number of fused-ring (bicyclic) bond motifs is 1. The summed E-state index contributed by atoms with van der Waals surface area (Å²) in [7, 11) is 0. The molecular weight excluding hydrogens is 340 g/mol. The van der Waals surface area contributed by atoms with Gasteiger partial charge in [0.1, 0.15) is 11.5 Å². The van der Waals surface area contributed by atoms with Gasteiger partial charge in [0.05, 0.1) is 6.20 Å². The molecule has 2 aromatic rings. The summed E-state index contributed by atoms with van der Waals surface area (Å²) in [5.74, 6) is 2.31. The molecule has 0 radical (unpaired) electrons. The molecular formula is C21H26N4O2. The van der Waals surface area contributed by atoms with Gasteiger partial charge >= 0.3 is 0 Å². The lowest BCUT2D eigenvalue weighted by Crippen LogP contribution is -2.62. The van der Waals surface area contributed by atoms with E-state index in [0.717, 1.165) is 30.8 Å². The van der Waals surface area contributed by atoms with E-state index >= 15 is 0 Å². The number of pyridine rings is 1. The van der Waals surface area contributed by atoms with Crippen molar-refractivity contribution in [2.45, 2.75) is 38.1 Å². The molecule has 4 atom stereocenters. The highest BCUT2D eigenvalue weighted by Crippen LogP contribution is 2.42. The summed E-state index contributed by atoms with van der Waals surface area (Å²) in [5, 5.41) is 0. The van der Waals surface area contributed by atoms with Crippen LogP contribution in [0, 0.1) is 18.8 Å². The lowest BCUT2D eigenvalue weighted by atomic mass is 9.68. The fourth-order valence-electron chi connectivity index (χ4n) is 4.33. The molecule has 0 bridgehead atoms. The molecule has 1 aromatic heterocycles. The van der Waals surface area contributed by atoms with Gasteiger partial charge in [0.15, 0.2) is 0 Å². The molecule has 6 heteroatoms. The number of aryl methyl sites for hydroxylation is 1. The van der Waals surface area contributed by atoms with Crippen molar-refractivity contribution >= 4 is 5.91 Å². The first-order valence-electron chi connectivity index (χ1n) is 9.59. The highest BCUT2D eigenvalue weighted by atomic mass is 16.5. The summed E-state index contributed by atoms with van der Waals surface area (Å²) < 4.78 is 5.97. The third-order valence-electron chi connectivity index (χ3n) is 5.85. The van der Waals surface area contributed by atoms with Gasteiger partial charge in [-0.1, -0.05) is 17.7 Å². The van der Waals surface area contributed by atoms with Gasteiger partial charge in [-0.15, -0.1) is 0 Å². The van der Waals surface area contributed by atoms with Crippen molar-refractivity contribution in [3.63, 3.8) is 0 Å². The molecule has 0 spiro atoms. The molecule has 1 amide bonds. The normalized spacial score (nSPS) is 27.6. The monoisotopic (exact) mass is 366 g/mol. The molecule has 1 aliphatic carbocycles. The number of hydrogen-bond acceptors (Lipinski definition) is 5. The van der Waals surface area contributed by atoms with E-state index in [9.17, 15) is 4.79 Å². The van der Waals surface area contributed by atoms with Crippen LogP contribution in [0.2, 0.25) is 0 Å². The van der Waals surface area contributed by atoms with Crippen LogP contribution in [0.3, 0.4) is 0 Å². The number of nitrogens with zero attached hydrogens (tertiary/aromatic N) is 1. The molecule has 1 saturated carbocycles. The zero-order valence-electron chi connectivity index (χ0n) is 15.5. The van der Waals surface area contributed by atoms with E-state index in [-0.39, 0.29) is 23.8 Å². The van der Waals surface area contributed by atoms with Crippen LogP contribution >= 0.6 is 0 Å². The number of carbonyl (C=O) groups is 1. The number of hydrazine groups is 1. The van der Waals surface area contributed by atoms with Gasteiger partial charge < -0.3 is 10.5 Å². The second-order valence-electron chi connectivity index (χ2n) is 7.63. The van der Waals surface area contributed by atoms with Gasteiger partial charge in [0.25, 0.3) is 0 Å². The Morgan fingerprint density at radius 2 is 2.00 bits per heavy atom. The Morgan fingerprint density at radius 1 is 1.19 bits per heavy atom. The molecule has 1 aromatic carbocycles. The lowest BCUT2D eigenvalue weighted by Gasteiger charge is -2.43. The fraction of sp³-hybridized carbons (Fsp3) is 0.429. The summed E-state index contributed by atoms with van der Waals surface area (Å²) in [4.78, 5) is 16.6. The van der Waals surface area contributed by atoms with Crippen LogP contribution in [-0.2, 0) is 4.79 Å². The largest absolute Gasteiger partial charge is 0.456 e. The number of rotatable bonds is 4. The Balaban J connectivity index is 1.50. The van der Waals surface area contributed by atoms with Crippen molar-refractivity contribution in [2.24, 2.45) is 17.6 Å². The Bertz CT molecular complexity index is 808. The van der Waals surface area contributed by atoms with E-state index in [4.69, 9.17) is 10.5 Å². The molecule has 27 heavy (non-hydrogen) atoms. The van der Waals surface area contributed by atoms with Crippen LogP contribution < -0.4 is 21.3 Å². The van der Waals surface area contributed by atoms with Crippen LogP contribution in [0.5, 0.6) is 11.5 Å². The summed E-state index contributed by atoms with van der Waals surface area (Å²) in [6.07, 6.45) is 6.45. The van der Waals surface area contributed by atoms with Crippen LogP contribution in [-0.4, -0.2) is 23.5 Å². The summed E-state index contributed by atoms with van der Waals surface area (Å²) in [6, 6.07) is 10.2. The zero-order chi connectivity index (χ0) is 18.8. The predicted molar refractivity (Wildman–Crippen MR) is 103 cm³/mol. The van der Waals surface area contributed by atoms with Crippen LogP contribution in [0.4, 0.5) is 0 Å². The van der Waals surface area contributed by atoms with Gasteiger partial charge in [-0.3, -0.25) is 15.2 Å². The lowest BCUT2D eigenvalue weighted by molar-refractivity contribution is -0.133. The maximum absolute atomic E-state index is 12.2. The highest BCUT2D eigenvalue weighted by molar-refractivity contribution is 5.79. The van der Waals surface area contributed by atoms with Crippen molar-refractivity contribution < 1.29 is 9.53 Å². The molecule has 2 heterocycles. The Morgan fingerprint density at radius 3 is 2.78 bits per heavy atom. The molecule has 1 aliphatic heterocycles. The molecule has 1 saturated heterocycles. The SMILES string of the molecule is Cc1ccc(Oc2cncc(C3CCC4C(=O)NNC(CN)C4C3)c2)cc1. The minimum atomic E-state index is 0.0519. The number of carbonyl (C=O) groups excluding carboxylic acids is 1. The van der Waals surface area contributed by atoms with E-state index in [1.54, 1.807) is 6.20 Å². The van der Waals surface area contributed by atoms with E-state index in [1.807, 2.05) is 30.5 Å². The van der Waals surface area contributed by atoms with Crippen molar-refractivity contribution in [3.05, 3.63) is 53.9 Å². The second kappa shape index (κ2) is 7.66. The minimum Gasteiger partial charge on any atom is -0.456 e. The fourth-order valence-corrected chi connectivity index (χ4v) is 4.33. The first kappa shape index (κ1) is 17.9. The molecule has 6 nitrogen and oxygen atoms in total. The van der Waals surface area contributed by atoms with E-state index in [2.05, 4.69) is 28.8 Å². The zero-order valence-corrected chi connectivity index (χ0v) is 15.5. The second-order valence-corrected chi connectivity index (χ2v) is 7.63. The molecule has 2 fully saturated rings. The Hall–Kier alpha value is -2.44. The van der Waals surface area contributed by atoms with Gasteiger partial charge in [-0.2, -0.15) is 0 Å². The van der Waals surface area contributed by atoms with Gasteiger partial charge in [0, 0.05) is 24.7 Å². The first-order valence-corrected chi connectivity index (χ1v) is 9.59. The summed E-state index contributed by atoms with van der Waals surface area (Å²) in [6.45, 7) is 2.57. The van der Waals surface area contributed by atoms with E-state index in [0.29, 0.717) is 12.5 Å². The smallest absolute Gasteiger partial charge is 0.237 e. The van der Waals surface area contributed by atoms with Crippen molar-refractivity contribution in [1.82, 2.24) is 15.8 Å². The van der Waals surface area contributed by atoms with Gasteiger partial charge in [-0.05, 0) is 61.8 Å². The van der Waals surface area contributed by atoms with Crippen molar-refractivity contribution in [2.75, 3.05) is 6.54 Å². The summed E-state index contributed by atoms with van der Waals surface area (Å²) >= 11 is 0.